The van der Waals surface area contributed by atoms with Crippen LogP contribution in [0.2, 0.25) is 0 Å². The highest BCUT2D eigenvalue weighted by molar-refractivity contribution is 4.97. The second kappa shape index (κ2) is 6.98. The molecule has 0 saturated heterocycles. The summed E-state index contributed by atoms with van der Waals surface area (Å²) in [6.45, 7) is 2.39. The first-order valence-electron chi connectivity index (χ1n) is 7.07. The topological polar surface area (TPSA) is 94.4 Å². The van der Waals surface area contributed by atoms with Gasteiger partial charge in [0.1, 0.15) is 12.1 Å². The average Bonchev–Trinajstić information content (AvgIpc) is 2.94. The maximum atomic E-state index is 9.00. The molecule has 0 spiro atoms. The third kappa shape index (κ3) is 3.52. The fourth-order valence-corrected chi connectivity index (χ4v) is 2.63. The van der Waals surface area contributed by atoms with E-state index in [1.54, 1.807) is 0 Å². The van der Waals surface area contributed by atoms with Crippen molar-refractivity contribution in [2.24, 2.45) is 11.7 Å². The number of hydrogen-bond acceptors (Lipinski definition) is 6. The van der Waals surface area contributed by atoms with E-state index in [4.69, 9.17) is 20.1 Å². The molecule has 1 saturated carbocycles. The minimum atomic E-state index is -0.616. The van der Waals surface area contributed by atoms with Crippen LogP contribution in [0, 0.1) is 5.92 Å². The summed E-state index contributed by atoms with van der Waals surface area (Å²) < 4.78 is 10.9. The standard InChI is InChI=1S/C13H23N3O3/c1-2-18-11(9-6-4-3-5-7-9)12-15-13(19-16-12)10(14)8-17/h9-11,17H,2-8,14H2,1H3. The lowest BCUT2D eigenvalue weighted by Gasteiger charge is -2.27. The van der Waals surface area contributed by atoms with Crippen LogP contribution < -0.4 is 5.73 Å². The van der Waals surface area contributed by atoms with Gasteiger partial charge in [-0.25, -0.2) is 0 Å². The Hall–Kier alpha value is -0.980. The van der Waals surface area contributed by atoms with Crippen molar-refractivity contribution < 1.29 is 14.4 Å². The van der Waals surface area contributed by atoms with Crippen molar-refractivity contribution in [2.75, 3.05) is 13.2 Å². The van der Waals surface area contributed by atoms with Crippen LogP contribution in [0.15, 0.2) is 4.52 Å². The third-order valence-electron chi connectivity index (χ3n) is 3.65. The smallest absolute Gasteiger partial charge is 0.246 e. The van der Waals surface area contributed by atoms with E-state index in [1.807, 2.05) is 6.92 Å². The van der Waals surface area contributed by atoms with Crippen LogP contribution in [0.25, 0.3) is 0 Å². The highest BCUT2D eigenvalue weighted by Crippen LogP contribution is 2.35. The molecule has 19 heavy (non-hydrogen) atoms. The van der Waals surface area contributed by atoms with Gasteiger partial charge in [-0.05, 0) is 25.7 Å². The minimum absolute atomic E-state index is 0.117. The second-order valence-electron chi connectivity index (χ2n) is 5.05. The van der Waals surface area contributed by atoms with Crippen molar-refractivity contribution in [3.05, 3.63) is 11.7 Å². The van der Waals surface area contributed by atoms with Gasteiger partial charge in [0, 0.05) is 6.61 Å². The van der Waals surface area contributed by atoms with Crippen LogP contribution in [0.5, 0.6) is 0 Å². The molecule has 2 unspecified atom stereocenters. The molecular weight excluding hydrogens is 246 g/mol. The molecule has 1 aromatic rings. The average molecular weight is 269 g/mol. The first kappa shape index (κ1) is 14.4. The number of aliphatic hydroxyl groups is 1. The number of aliphatic hydroxyl groups excluding tert-OH is 1. The van der Waals surface area contributed by atoms with Gasteiger partial charge in [0.25, 0.3) is 0 Å². The van der Waals surface area contributed by atoms with Crippen LogP contribution in [-0.2, 0) is 4.74 Å². The van der Waals surface area contributed by atoms with Gasteiger partial charge in [-0.15, -0.1) is 0 Å². The zero-order valence-corrected chi connectivity index (χ0v) is 11.4. The van der Waals surface area contributed by atoms with Gasteiger partial charge >= 0.3 is 0 Å². The van der Waals surface area contributed by atoms with E-state index in [2.05, 4.69) is 10.1 Å². The summed E-state index contributed by atoms with van der Waals surface area (Å²) in [4.78, 5) is 4.29. The highest BCUT2D eigenvalue weighted by atomic mass is 16.5. The van der Waals surface area contributed by atoms with E-state index < -0.39 is 6.04 Å². The lowest BCUT2D eigenvalue weighted by molar-refractivity contribution is -0.00145. The van der Waals surface area contributed by atoms with Crippen LogP contribution in [0.1, 0.15) is 62.9 Å². The SMILES string of the molecule is CCOC(c1noc(C(N)CO)n1)C1CCCCC1. The van der Waals surface area contributed by atoms with E-state index >= 15 is 0 Å². The van der Waals surface area contributed by atoms with Gasteiger partial charge in [-0.1, -0.05) is 24.4 Å². The van der Waals surface area contributed by atoms with Gasteiger partial charge in [0.15, 0.2) is 0 Å². The Kier molecular flexibility index (Phi) is 5.30. The molecule has 108 valence electrons. The molecule has 1 aliphatic rings. The van der Waals surface area contributed by atoms with Crippen molar-refractivity contribution in [3.63, 3.8) is 0 Å². The first-order valence-corrected chi connectivity index (χ1v) is 7.07. The first-order chi connectivity index (χ1) is 9.26. The fraction of sp³-hybridized carbons (Fsp3) is 0.846. The van der Waals surface area contributed by atoms with Gasteiger partial charge in [0.05, 0.1) is 6.61 Å². The molecule has 0 amide bonds. The van der Waals surface area contributed by atoms with Crippen molar-refractivity contribution in [3.8, 4) is 0 Å². The zero-order chi connectivity index (χ0) is 13.7. The summed E-state index contributed by atoms with van der Waals surface area (Å²) in [7, 11) is 0. The number of nitrogens with two attached hydrogens (primary N) is 1. The number of nitrogens with zero attached hydrogens (tertiary/aromatic N) is 2. The fourth-order valence-electron chi connectivity index (χ4n) is 2.63. The molecule has 0 aliphatic heterocycles. The molecule has 1 aromatic heterocycles. The molecule has 0 aromatic carbocycles. The Morgan fingerprint density at radius 1 is 1.42 bits per heavy atom. The van der Waals surface area contributed by atoms with Crippen LogP contribution >= 0.6 is 0 Å². The molecule has 6 nitrogen and oxygen atoms in total. The molecule has 0 bridgehead atoms. The third-order valence-corrected chi connectivity index (χ3v) is 3.65. The molecule has 1 aliphatic carbocycles. The maximum Gasteiger partial charge on any atom is 0.246 e. The summed E-state index contributed by atoms with van der Waals surface area (Å²) in [5, 5.41) is 13.0. The van der Waals surface area contributed by atoms with Gasteiger partial charge in [0.2, 0.25) is 11.7 Å². The predicted octanol–water partition coefficient (Wildman–Crippen LogP) is 1.72. The maximum absolute atomic E-state index is 9.00. The van der Waals surface area contributed by atoms with Crippen molar-refractivity contribution in [1.82, 2.24) is 10.1 Å². The summed E-state index contributed by atoms with van der Waals surface area (Å²) in [5.74, 6) is 1.29. The minimum Gasteiger partial charge on any atom is -0.394 e. The van der Waals surface area contributed by atoms with Gasteiger partial charge in [-0.2, -0.15) is 4.98 Å². The Bertz CT molecular complexity index is 377. The summed E-state index contributed by atoms with van der Waals surface area (Å²) in [5.41, 5.74) is 5.67. The number of aromatic nitrogens is 2. The molecule has 0 radical (unpaired) electrons. The zero-order valence-electron chi connectivity index (χ0n) is 11.4. The van der Waals surface area contributed by atoms with E-state index in [0.29, 0.717) is 18.3 Å². The second-order valence-corrected chi connectivity index (χ2v) is 5.05. The molecule has 1 heterocycles. The highest BCUT2D eigenvalue weighted by Gasteiger charge is 2.30. The van der Waals surface area contributed by atoms with Crippen LogP contribution in [-0.4, -0.2) is 28.5 Å². The van der Waals surface area contributed by atoms with Crippen LogP contribution in [0.4, 0.5) is 0 Å². The monoisotopic (exact) mass is 269 g/mol. The van der Waals surface area contributed by atoms with Crippen molar-refractivity contribution >= 4 is 0 Å². The Labute approximate surface area is 113 Å². The Morgan fingerprint density at radius 3 is 2.79 bits per heavy atom. The lowest BCUT2D eigenvalue weighted by Crippen LogP contribution is -2.21. The normalized spacial score (nSPS) is 20.4. The molecule has 1 fully saturated rings. The van der Waals surface area contributed by atoms with Gasteiger partial charge < -0.3 is 20.1 Å². The Morgan fingerprint density at radius 2 is 2.16 bits per heavy atom. The van der Waals surface area contributed by atoms with Crippen molar-refractivity contribution in [2.45, 2.75) is 51.2 Å². The number of ether oxygens (including phenoxy) is 1. The van der Waals surface area contributed by atoms with E-state index in [1.165, 1.54) is 19.3 Å². The summed E-state index contributed by atoms with van der Waals surface area (Å²) in [6.07, 6.45) is 5.92. The summed E-state index contributed by atoms with van der Waals surface area (Å²) in [6, 6.07) is -0.616. The molecule has 2 atom stereocenters. The number of rotatable bonds is 6. The van der Waals surface area contributed by atoms with Gasteiger partial charge in [-0.3, -0.25) is 0 Å². The molecule has 6 heteroatoms. The quantitative estimate of drug-likeness (QED) is 0.816. The molecule has 3 N–H and O–H groups in total. The Balaban J connectivity index is 2.11. The number of hydrogen-bond donors (Lipinski definition) is 2. The molecule has 2 rings (SSSR count). The molecular formula is C13H23N3O3. The van der Waals surface area contributed by atoms with E-state index in [-0.39, 0.29) is 18.6 Å². The van der Waals surface area contributed by atoms with Crippen LogP contribution in [0.3, 0.4) is 0 Å². The van der Waals surface area contributed by atoms with Crippen molar-refractivity contribution in [1.29, 1.82) is 0 Å². The predicted molar refractivity (Wildman–Crippen MR) is 69.3 cm³/mol. The largest absolute Gasteiger partial charge is 0.394 e. The van der Waals surface area contributed by atoms with E-state index in [9.17, 15) is 0 Å². The lowest BCUT2D eigenvalue weighted by atomic mass is 9.85. The summed E-state index contributed by atoms with van der Waals surface area (Å²) >= 11 is 0. The van der Waals surface area contributed by atoms with E-state index in [0.717, 1.165) is 12.8 Å².